The van der Waals surface area contributed by atoms with Gasteiger partial charge in [-0.1, -0.05) is 12.2 Å². The first-order valence-electron chi connectivity index (χ1n) is 5.16. The standard InChI is InChI=1S/C6H7N3S.C6H5N3/c7-5-3-4(6(8)10)1-2-9-5;7-4-5-1-2-9-6(8)3-5/h1-3H,(H2,7,9)(H2,8,10);1-3H,(H2,8,9). The largest absolute Gasteiger partial charge is 0.389 e. The van der Waals surface area contributed by atoms with Gasteiger partial charge in [0, 0.05) is 18.0 Å². The second-order valence-electron chi connectivity index (χ2n) is 3.41. The highest BCUT2D eigenvalue weighted by atomic mass is 32.1. The fraction of sp³-hybridized carbons (Fsp3) is 0. The van der Waals surface area contributed by atoms with Gasteiger partial charge in [0.15, 0.2) is 0 Å². The molecule has 0 saturated carbocycles. The van der Waals surface area contributed by atoms with Crippen molar-refractivity contribution >= 4 is 28.8 Å². The molecule has 0 amide bonds. The van der Waals surface area contributed by atoms with Crippen molar-refractivity contribution in [3.8, 4) is 6.07 Å². The number of nitrogens with two attached hydrogens (primary N) is 3. The molecule has 0 aromatic carbocycles. The van der Waals surface area contributed by atoms with Gasteiger partial charge in [-0.3, -0.25) is 0 Å². The molecule has 6 nitrogen and oxygen atoms in total. The van der Waals surface area contributed by atoms with Crippen molar-refractivity contribution in [3.63, 3.8) is 0 Å². The van der Waals surface area contributed by atoms with Crippen LogP contribution in [-0.4, -0.2) is 15.0 Å². The molecule has 19 heavy (non-hydrogen) atoms. The van der Waals surface area contributed by atoms with E-state index in [0.717, 1.165) is 5.56 Å². The van der Waals surface area contributed by atoms with Gasteiger partial charge in [0.25, 0.3) is 0 Å². The molecule has 0 bridgehead atoms. The first-order chi connectivity index (χ1) is 9.02. The molecule has 0 atom stereocenters. The quantitative estimate of drug-likeness (QED) is 0.656. The molecule has 2 heterocycles. The van der Waals surface area contributed by atoms with E-state index >= 15 is 0 Å². The van der Waals surface area contributed by atoms with Crippen LogP contribution in [0.15, 0.2) is 36.7 Å². The van der Waals surface area contributed by atoms with Gasteiger partial charge in [0.1, 0.15) is 16.6 Å². The third kappa shape index (κ3) is 4.97. The summed E-state index contributed by atoms with van der Waals surface area (Å²) in [7, 11) is 0. The van der Waals surface area contributed by atoms with Gasteiger partial charge in [0.05, 0.1) is 11.6 Å². The van der Waals surface area contributed by atoms with Crippen LogP contribution in [0.3, 0.4) is 0 Å². The lowest BCUT2D eigenvalue weighted by Gasteiger charge is -1.96. The maximum absolute atomic E-state index is 8.33. The Hall–Kier alpha value is -2.72. The van der Waals surface area contributed by atoms with Crippen LogP contribution in [-0.2, 0) is 0 Å². The Labute approximate surface area is 115 Å². The number of thiocarbonyl (C=S) groups is 1. The summed E-state index contributed by atoms with van der Waals surface area (Å²) in [6.07, 6.45) is 3.08. The molecular weight excluding hydrogens is 260 g/mol. The summed E-state index contributed by atoms with van der Waals surface area (Å²) in [6, 6.07) is 8.45. The van der Waals surface area contributed by atoms with Crippen molar-refractivity contribution in [2.24, 2.45) is 5.73 Å². The van der Waals surface area contributed by atoms with Gasteiger partial charge in [-0.05, 0) is 24.3 Å². The number of pyridine rings is 2. The Balaban J connectivity index is 0.000000191. The zero-order valence-corrected chi connectivity index (χ0v) is 10.8. The van der Waals surface area contributed by atoms with E-state index in [2.05, 4.69) is 9.97 Å². The van der Waals surface area contributed by atoms with Crippen molar-refractivity contribution < 1.29 is 0 Å². The highest BCUT2D eigenvalue weighted by molar-refractivity contribution is 7.80. The van der Waals surface area contributed by atoms with Crippen LogP contribution in [0.5, 0.6) is 0 Å². The SMILES string of the molecule is N#Cc1ccnc(N)c1.NC(=S)c1ccnc(N)c1. The van der Waals surface area contributed by atoms with E-state index in [9.17, 15) is 0 Å². The number of hydrogen-bond acceptors (Lipinski definition) is 6. The van der Waals surface area contributed by atoms with Crippen molar-refractivity contribution in [2.45, 2.75) is 0 Å². The molecular formula is C12H12N6S. The minimum absolute atomic E-state index is 0.342. The van der Waals surface area contributed by atoms with Crippen LogP contribution in [0, 0.1) is 11.3 Å². The van der Waals surface area contributed by atoms with Crippen LogP contribution in [0.4, 0.5) is 11.6 Å². The van der Waals surface area contributed by atoms with E-state index < -0.39 is 0 Å². The van der Waals surface area contributed by atoms with Gasteiger partial charge in [0.2, 0.25) is 0 Å². The maximum atomic E-state index is 8.33. The first-order valence-corrected chi connectivity index (χ1v) is 5.56. The third-order valence-corrected chi connectivity index (χ3v) is 2.21. The molecule has 0 aliphatic carbocycles. The first kappa shape index (κ1) is 14.3. The molecule has 0 aliphatic rings. The molecule has 7 heteroatoms. The Morgan fingerprint density at radius 3 is 2.05 bits per heavy atom. The van der Waals surface area contributed by atoms with Gasteiger partial charge in [-0.2, -0.15) is 5.26 Å². The second-order valence-corrected chi connectivity index (χ2v) is 3.85. The van der Waals surface area contributed by atoms with Crippen LogP contribution < -0.4 is 17.2 Å². The minimum Gasteiger partial charge on any atom is -0.389 e. The monoisotopic (exact) mass is 272 g/mol. The van der Waals surface area contributed by atoms with E-state index in [4.69, 9.17) is 34.7 Å². The zero-order valence-electron chi connectivity index (χ0n) is 9.95. The lowest BCUT2D eigenvalue weighted by molar-refractivity contribution is 1.32. The Morgan fingerprint density at radius 1 is 1.11 bits per heavy atom. The predicted molar refractivity (Wildman–Crippen MR) is 77.9 cm³/mol. The van der Waals surface area contributed by atoms with Crippen LogP contribution in [0.25, 0.3) is 0 Å². The van der Waals surface area contributed by atoms with E-state index in [1.165, 1.54) is 12.3 Å². The van der Waals surface area contributed by atoms with Gasteiger partial charge in [-0.25, -0.2) is 9.97 Å². The fourth-order valence-corrected chi connectivity index (χ4v) is 1.25. The molecule has 0 unspecified atom stereocenters. The molecule has 0 fully saturated rings. The van der Waals surface area contributed by atoms with Crippen LogP contribution >= 0.6 is 12.2 Å². The number of nitriles is 1. The Bertz CT molecular complexity index is 620. The number of aromatic nitrogens is 2. The van der Waals surface area contributed by atoms with Gasteiger partial charge < -0.3 is 17.2 Å². The number of rotatable bonds is 1. The summed E-state index contributed by atoms with van der Waals surface area (Å²) >= 11 is 4.72. The summed E-state index contributed by atoms with van der Waals surface area (Å²) < 4.78 is 0. The molecule has 0 spiro atoms. The highest BCUT2D eigenvalue weighted by Gasteiger charge is 1.94. The summed E-state index contributed by atoms with van der Waals surface area (Å²) in [4.78, 5) is 7.84. The number of anilines is 2. The number of hydrogen-bond donors (Lipinski definition) is 3. The van der Waals surface area contributed by atoms with E-state index in [0.29, 0.717) is 22.2 Å². The summed E-state index contributed by atoms with van der Waals surface area (Å²) in [6.45, 7) is 0. The molecule has 0 saturated heterocycles. The number of nitrogen functional groups attached to an aromatic ring is 2. The molecule has 2 aromatic heterocycles. The van der Waals surface area contributed by atoms with Crippen molar-refractivity contribution in [1.29, 1.82) is 5.26 Å². The van der Waals surface area contributed by atoms with Crippen molar-refractivity contribution in [3.05, 3.63) is 47.8 Å². The summed E-state index contributed by atoms with van der Waals surface area (Å²) in [5, 5.41) is 8.33. The van der Waals surface area contributed by atoms with Crippen molar-refractivity contribution in [1.82, 2.24) is 9.97 Å². The molecule has 96 valence electrons. The molecule has 0 radical (unpaired) electrons. The summed E-state index contributed by atoms with van der Waals surface area (Å²) in [5.41, 5.74) is 17.3. The van der Waals surface area contributed by atoms with Gasteiger partial charge in [-0.15, -0.1) is 0 Å². The van der Waals surface area contributed by atoms with E-state index in [-0.39, 0.29) is 0 Å². The predicted octanol–water partition coefficient (Wildman–Crippen LogP) is 0.833. The van der Waals surface area contributed by atoms with E-state index in [1.807, 2.05) is 6.07 Å². The topological polar surface area (TPSA) is 128 Å². The van der Waals surface area contributed by atoms with Gasteiger partial charge >= 0.3 is 0 Å². The second kappa shape index (κ2) is 6.88. The molecule has 6 N–H and O–H groups in total. The zero-order chi connectivity index (χ0) is 14.3. The van der Waals surface area contributed by atoms with Crippen LogP contribution in [0.2, 0.25) is 0 Å². The van der Waals surface area contributed by atoms with Crippen LogP contribution in [0.1, 0.15) is 11.1 Å². The molecule has 2 rings (SSSR count). The average Bonchev–Trinajstić information content (AvgIpc) is 2.39. The maximum Gasteiger partial charge on any atom is 0.124 e. The average molecular weight is 272 g/mol. The Kier molecular flexibility index (Phi) is 5.19. The normalized spacial score (nSPS) is 8.79. The fourth-order valence-electron chi connectivity index (χ4n) is 1.12. The lowest BCUT2D eigenvalue weighted by atomic mass is 10.3. The highest BCUT2D eigenvalue weighted by Crippen LogP contribution is 2.01. The molecule has 2 aromatic rings. The third-order valence-electron chi connectivity index (χ3n) is 1.98. The smallest absolute Gasteiger partial charge is 0.124 e. The molecule has 0 aliphatic heterocycles. The minimum atomic E-state index is 0.342. The number of nitrogens with zero attached hydrogens (tertiary/aromatic N) is 3. The lowest BCUT2D eigenvalue weighted by Crippen LogP contribution is -2.09. The van der Waals surface area contributed by atoms with E-state index in [1.54, 1.807) is 24.4 Å². The van der Waals surface area contributed by atoms with Crippen molar-refractivity contribution in [2.75, 3.05) is 11.5 Å². The Morgan fingerprint density at radius 2 is 1.68 bits per heavy atom. The summed E-state index contributed by atoms with van der Waals surface area (Å²) in [5.74, 6) is 0.819.